The van der Waals surface area contributed by atoms with E-state index in [0.717, 1.165) is 5.56 Å². The van der Waals surface area contributed by atoms with Gasteiger partial charge in [-0.2, -0.15) is 0 Å². The van der Waals surface area contributed by atoms with Crippen LogP contribution in [0.3, 0.4) is 0 Å². The third-order valence-electron chi connectivity index (χ3n) is 6.40. The first kappa shape index (κ1) is 33.2. The highest BCUT2D eigenvalue weighted by Crippen LogP contribution is 2.32. The van der Waals surface area contributed by atoms with Crippen molar-refractivity contribution in [2.45, 2.75) is 84.5 Å². The molecule has 0 heterocycles. The van der Waals surface area contributed by atoms with Crippen molar-refractivity contribution in [3.63, 3.8) is 0 Å². The van der Waals surface area contributed by atoms with Gasteiger partial charge in [-0.25, -0.2) is 4.79 Å². The smallest absolute Gasteiger partial charge is 0.408 e. The quantitative estimate of drug-likeness (QED) is 0.317. The van der Waals surface area contributed by atoms with Crippen LogP contribution in [0.4, 0.5) is 10.5 Å². The van der Waals surface area contributed by atoms with Gasteiger partial charge in [0.1, 0.15) is 17.7 Å². The summed E-state index contributed by atoms with van der Waals surface area (Å²) in [6, 6.07) is 9.11. The third kappa shape index (κ3) is 9.25. The van der Waals surface area contributed by atoms with Crippen LogP contribution in [0, 0.1) is 19.3 Å². The summed E-state index contributed by atoms with van der Waals surface area (Å²) in [7, 11) is 0. The molecule has 0 radical (unpaired) electrons. The number of hydrogen-bond acceptors (Lipinski definition) is 5. The number of benzene rings is 2. The summed E-state index contributed by atoms with van der Waals surface area (Å²) in [5, 5.41) is 5.79. The number of carbonyl (C=O) groups excluding carboxylic acids is 4. The van der Waals surface area contributed by atoms with E-state index in [0.29, 0.717) is 28.3 Å². The summed E-state index contributed by atoms with van der Waals surface area (Å²) in [5.41, 5.74) is 6.50. The Morgan fingerprint density at radius 1 is 1.12 bits per heavy atom. The number of nitrogens with two attached hydrogens (primary N) is 1. The molecule has 0 fully saturated rings. The van der Waals surface area contributed by atoms with E-state index in [4.69, 9.17) is 28.5 Å². The van der Waals surface area contributed by atoms with E-state index in [1.165, 1.54) is 4.90 Å². The number of ether oxygens (including phenoxy) is 1. The van der Waals surface area contributed by atoms with E-state index in [9.17, 15) is 19.2 Å². The molecule has 0 saturated carbocycles. The molecule has 0 aliphatic heterocycles. The lowest BCUT2D eigenvalue weighted by Crippen LogP contribution is -2.55. The number of aryl methyl sites for hydroxylation is 1. The molecule has 4 amide bonds. The van der Waals surface area contributed by atoms with Crippen LogP contribution in [-0.4, -0.2) is 46.4 Å². The summed E-state index contributed by atoms with van der Waals surface area (Å²) < 4.78 is 5.37. The van der Waals surface area contributed by atoms with Crippen LogP contribution in [0.1, 0.15) is 76.6 Å². The standard InChI is InChI=1S/C31H39ClN4O5/c1-8-20(4)36(29(39)24(17-18-25(33)37)34-30(40)41-31(5,6)7)27(22-15-11-10-14-21(22)9-2)28(38)35-26-19(3)13-12-16-23(26)32/h2,10-16,20,24,27H,8,17-18H2,1,3-7H3,(H2,33,37)(H,34,40)(H,35,38). The van der Waals surface area contributed by atoms with E-state index in [-0.39, 0.29) is 12.8 Å². The highest BCUT2D eigenvalue weighted by Gasteiger charge is 2.39. The van der Waals surface area contributed by atoms with Crippen LogP contribution in [0.15, 0.2) is 42.5 Å². The molecule has 41 heavy (non-hydrogen) atoms. The van der Waals surface area contributed by atoms with Crippen LogP contribution < -0.4 is 16.4 Å². The number of carbonyl (C=O) groups is 4. The number of hydrogen-bond donors (Lipinski definition) is 3. The number of halogens is 1. The van der Waals surface area contributed by atoms with E-state index in [2.05, 4.69) is 16.6 Å². The Kier molecular flexibility index (Phi) is 11.8. The van der Waals surface area contributed by atoms with Gasteiger partial charge in [-0.3, -0.25) is 14.4 Å². The van der Waals surface area contributed by atoms with Crippen LogP contribution in [-0.2, 0) is 19.1 Å². The maximum absolute atomic E-state index is 14.3. The monoisotopic (exact) mass is 582 g/mol. The maximum Gasteiger partial charge on any atom is 0.408 e. The Bertz CT molecular complexity index is 1290. The molecule has 0 saturated heterocycles. The third-order valence-corrected chi connectivity index (χ3v) is 6.71. The van der Waals surface area contributed by atoms with Crippen molar-refractivity contribution in [1.82, 2.24) is 10.2 Å². The van der Waals surface area contributed by atoms with Crippen LogP contribution >= 0.6 is 11.6 Å². The van der Waals surface area contributed by atoms with E-state index < -0.39 is 47.5 Å². The summed E-state index contributed by atoms with van der Waals surface area (Å²) in [6.07, 6.45) is 5.14. The molecule has 2 aromatic carbocycles. The minimum Gasteiger partial charge on any atom is -0.444 e. The number of anilines is 1. The van der Waals surface area contributed by atoms with Gasteiger partial charge >= 0.3 is 6.09 Å². The highest BCUT2D eigenvalue weighted by atomic mass is 35.5. The van der Waals surface area contributed by atoms with Crippen LogP contribution in [0.25, 0.3) is 0 Å². The first-order chi connectivity index (χ1) is 19.2. The Labute approximate surface area is 247 Å². The van der Waals surface area contributed by atoms with Gasteiger partial charge in [-0.15, -0.1) is 6.42 Å². The lowest BCUT2D eigenvalue weighted by Gasteiger charge is -2.38. The van der Waals surface area contributed by atoms with Crippen molar-refractivity contribution < 1.29 is 23.9 Å². The van der Waals surface area contributed by atoms with E-state index in [1.54, 1.807) is 77.1 Å². The number of terminal acetylenes is 1. The Morgan fingerprint density at radius 3 is 2.34 bits per heavy atom. The molecule has 3 atom stereocenters. The van der Waals surface area contributed by atoms with Gasteiger partial charge < -0.3 is 26.0 Å². The SMILES string of the molecule is C#Cc1ccccc1C(C(=O)Nc1c(C)cccc1Cl)N(C(=O)C(CCC(N)=O)NC(=O)OC(C)(C)C)C(C)CC. The molecule has 0 aliphatic carbocycles. The van der Waals surface area contributed by atoms with Crippen LogP contribution in [0.5, 0.6) is 0 Å². The number of para-hydroxylation sites is 1. The summed E-state index contributed by atoms with van der Waals surface area (Å²) in [6.45, 7) is 10.5. The maximum atomic E-state index is 14.3. The molecule has 0 aromatic heterocycles. The number of amides is 4. The number of nitrogens with one attached hydrogen (secondary N) is 2. The minimum atomic E-state index is -1.22. The zero-order valence-electron chi connectivity index (χ0n) is 24.4. The van der Waals surface area contributed by atoms with Gasteiger partial charge in [0, 0.05) is 18.0 Å². The lowest BCUT2D eigenvalue weighted by molar-refractivity contribution is -0.143. The molecule has 220 valence electrons. The van der Waals surface area contributed by atoms with Gasteiger partial charge in [0.15, 0.2) is 0 Å². The van der Waals surface area contributed by atoms with Crippen molar-refractivity contribution in [2.75, 3.05) is 5.32 Å². The first-order valence-electron chi connectivity index (χ1n) is 13.4. The van der Waals surface area contributed by atoms with Crippen molar-refractivity contribution in [3.05, 3.63) is 64.2 Å². The zero-order valence-corrected chi connectivity index (χ0v) is 25.2. The minimum absolute atomic E-state index is 0.102. The molecule has 0 spiro atoms. The molecule has 2 aromatic rings. The number of alkyl carbamates (subject to hydrolysis) is 1. The second-order valence-electron chi connectivity index (χ2n) is 10.8. The normalized spacial score (nSPS) is 13.2. The molecule has 4 N–H and O–H groups in total. The molecule has 10 heteroatoms. The molecule has 3 unspecified atom stereocenters. The van der Waals surface area contributed by atoms with Gasteiger partial charge in [0.25, 0.3) is 5.91 Å². The topological polar surface area (TPSA) is 131 Å². The Morgan fingerprint density at radius 2 is 1.78 bits per heavy atom. The average molecular weight is 583 g/mol. The van der Waals surface area contributed by atoms with Crippen molar-refractivity contribution in [1.29, 1.82) is 0 Å². The fraction of sp³-hybridized carbons (Fsp3) is 0.419. The largest absolute Gasteiger partial charge is 0.444 e. The second kappa shape index (κ2) is 14.6. The molecule has 9 nitrogen and oxygen atoms in total. The van der Waals surface area contributed by atoms with Gasteiger partial charge in [0.2, 0.25) is 11.8 Å². The molecular formula is C31H39ClN4O5. The number of rotatable bonds is 11. The summed E-state index contributed by atoms with van der Waals surface area (Å²) >= 11 is 6.41. The lowest BCUT2D eigenvalue weighted by atomic mass is 9.95. The highest BCUT2D eigenvalue weighted by molar-refractivity contribution is 6.34. The molecule has 2 rings (SSSR count). The van der Waals surface area contributed by atoms with Crippen molar-refractivity contribution in [2.24, 2.45) is 5.73 Å². The van der Waals surface area contributed by atoms with Gasteiger partial charge in [0.05, 0.1) is 10.7 Å². The predicted molar refractivity (Wildman–Crippen MR) is 160 cm³/mol. The zero-order chi connectivity index (χ0) is 30.9. The average Bonchev–Trinajstić information content (AvgIpc) is 2.89. The summed E-state index contributed by atoms with van der Waals surface area (Å²) in [4.78, 5) is 54.2. The number of primary amides is 1. The fourth-order valence-electron chi connectivity index (χ4n) is 4.24. The molecule has 0 aliphatic rings. The molecule has 0 bridgehead atoms. The second-order valence-corrected chi connectivity index (χ2v) is 11.2. The van der Waals surface area contributed by atoms with Crippen molar-refractivity contribution in [3.8, 4) is 12.3 Å². The van der Waals surface area contributed by atoms with E-state index in [1.807, 2.05) is 6.92 Å². The van der Waals surface area contributed by atoms with Crippen molar-refractivity contribution >= 4 is 41.1 Å². The summed E-state index contributed by atoms with van der Waals surface area (Å²) in [5.74, 6) is 0.798. The van der Waals surface area contributed by atoms with Gasteiger partial charge in [-0.05, 0) is 70.7 Å². The van der Waals surface area contributed by atoms with E-state index >= 15 is 0 Å². The van der Waals surface area contributed by atoms with Crippen LogP contribution in [0.2, 0.25) is 5.02 Å². The molecular weight excluding hydrogens is 544 g/mol. The Balaban J connectivity index is 2.68. The first-order valence-corrected chi connectivity index (χ1v) is 13.8. The number of nitrogens with zero attached hydrogens (tertiary/aromatic N) is 1. The van der Waals surface area contributed by atoms with Gasteiger partial charge in [-0.1, -0.05) is 54.8 Å². The fourth-order valence-corrected chi connectivity index (χ4v) is 4.50. The predicted octanol–water partition coefficient (Wildman–Crippen LogP) is 5.10. The Hall–Kier alpha value is -4.03.